The summed E-state index contributed by atoms with van der Waals surface area (Å²) in [5.74, 6) is -2.24. The van der Waals surface area contributed by atoms with Gasteiger partial charge in [0.05, 0.1) is 5.92 Å². The van der Waals surface area contributed by atoms with Crippen LogP contribution < -0.4 is 5.56 Å². The predicted molar refractivity (Wildman–Crippen MR) is 105 cm³/mol. The monoisotopic (exact) mass is 380 g/mol. The highest BCUT2D eigenvalue weighted by molar-refractivity contribution is 5.95. The summed E-state index contributed by atoms with van der Waals surface area (Å²) in [6, 6.07) is 11.1. The fourth-order valence-electron chi connectivity index (χ4n) is 4.44. The highest BCUT2D eigenvalue weighted by Crippen LogP contribution is 2.33. The van der Waals surface area contributed by atoms with Gasteiger partial charge >= 0.3 is 5.97 Å². The number of amides is 1. The van der Waals surface area contributed by atoms with Crippen LogP contribution >= 0.6 is 0 Å². The number of nitrogens with zero attached hydrogens (tertiary/aromatic N) is 1. The zero-order chi connectivity index (χ0) is 19.7. The zero-order valence-corrected chi connectivity index (χ0v) is 15.7. The lowest BCUT2D eigenvalue weighted by atomic mass is 9.89. The van der Waals surface area contributed by atoms with Gasteiger partial charge in [-0.15, -0.1) is 0 Å². The van der Waals surface area contributed by atoms with Gasteiger partial charge in [0, 0.05) is 24.7 Å². The summed E-state index contributed by atoms with van der Waals surface area (Å²) in [4.78, 5) is 41.8. The molecule has 0 saturated carbocycles. The smallest absolute Gasteiger partial charge is 0.308 e. The molecule has 1 aliphatic heterocycles. The van der Waals surface area contributed by atoms with Crippen molar-refractivity contribution < 1.29 is 14.7 Å². The highest BCUT2D eigenvalue weighted by Gasteiger charge is 2.41. The molecule has 1 fully saturated rings. The third kappa shape index (κ3) is 3.46. The van der Waals surface area contributed by atoms with Crippen LogP contribution in [0.3, 0.4) is 0 Å². The lowest BCUT2D eigenvalue weighted by Gasteiger charge is -2.17. The Bertz CT molecular complexity index is 951. The molecule has 2 heterocycles. The number of H-pyrrole nitrogens is 1. The van der Waals surface area contributed by atoms with Crippen molar-refractivity contribution in [3.63, 3.8) is 0 Å². The number of nitrogens with one attached hydrogen (secondary N) is 1. The number of aromatic nitrogens is 1. The molecule has 0 bridgehead atoms. The first-order chi connectivity index (χ1) is 13.5. The van der Waals surface area contributed by atoms with Crippen LogP contribution in [0.25, 0.3) is 0 Å². The molecule has 1 saturated heterocycles. The molecule has 6 nitrogen and oxygen atoms in total. The van der Waals surface area contributed by atoms with Crippen LogP contribution in [0.15, 0.2) is 41.2 Å². The molecule has 6 heteroatoms. The summed E-state index contributed by atoms with van der Waals surface area (Å²) < 4.78 is 0. The van der Waals surface area contributed by atoms with E-state index in [1.165, 1.54) is 4.90 Å². The Labute approximate surface area is 163 Å². The van der Waals surface area contributed by atoms with E-state index in [9.17, 15) is 19.5 Å². The average molecular weight is 380 g/mol. The maximum absolute atomic E-state index is 13.1. The van der Waals surface area contributed by atoms with Crippen LogP contribution in [0.1, 0.15) is 52.4 Å². The van der Waals surface area contributed by atoms with Gasteiger partial charge in [0.1, 0.15) is 5.56 Å². The number of carbonyl (C=O) groups excluding carboxylic acids is 1. The van der Waals surface area contributed by atoms with Crippen LogP contribution in [0.4, 0.5) is 0 Å². The van der Waals surface area contributed by atoms with Crippen molar-refractivity contribution in [1.29, 1.82) is 0 Å². The first kappa shape index (κ1) is 18.5. The van der Waals surface area contributed by atoms with E-state index in [1.807, 2.05) is 30.3 Å². The number of aryl methyl sites for hydroxylation is 2. The first-order valence-electron chi connectivity index (χ1n) is 9.86. The number of hydrogen-bond acceptors (Lipinski definition) is 3. The van der Waals surface area contributed by atoms with Gasteiger partial charge in [-0.2, -0.15) is 0 Å². The van der Waals surface area contributed by atoms with Gasteiger partial charge < -0.3 is 15.0 Å². The normalized spacial score (nSPS) is 21.8. The van der Waals surface area contributed by atoms with Gasteiger partial charge in [-0.05, 0) is 42.9 Å². The number of fused-ring (bicyclic) bond motifs is 1. The molecule has 2 N–H and O–H groups in total. The summed E-state index contributed by atoms with van der Waals surface area (Å²) in [6.07, 6.45) is 4.90. The van der Waals surface area contributed by atoms with E-state index in [0.717, 1.165) is 48.9 Å². The molecule has 28 heavy (non-hydrogen) atoms. The average Bonchev–Trinajstić information content (AvgIpc) is 3.03. The maximum atomic E-state index is 13.1. The quantitative estimate of drug-likeness (QED) is 0.801. The zero-order valence-electron chi connectivity index (χ0n) is 15.7. The second-order valence-corrected chi connectivity index (χ2v) is 7.75. The Balaban J connectivity index is 1.63. The highest BCUT2D eigenvalue weighted by atomic mass is 16.4. The standard InChI is InChI=1S/C22H24N2O4/c25-20-16(11-15-9-5-2-6-10-19(15)23-20)21(26)24-12-17(18(13-24)22(27)28)14-7-3-1-4-8-14/h1,3-4,7-8,11,17-18H,2,5-6,9-10,12-13H2,(H,23,25)(H,27,28). The summed E-state index contributed by atoms with van der Waals surface area (Å²) in [5, 5.41) is 9.65. The van der Waals surface area contributed by atoms with E-state index < -0.39 is 11.9 Å². The Morgan fingerprint density at radius 2 is 1.79 bits per heavy atom. The second kappa shape index (κ2) is 7.62. The lowest BCUT2D eigenvalue weighted by Crippen LogP contribution is -2.34. The molecular weight excluding hydrogens is 356 g/mol. The van der Waals surface area contributed by atoms with Gasteiger partial charge in [-0.3, -0.25) is 14.4 Å². The van der Waals surface area contributed by atoms with E-state index in [-0.39, 0.29) is 29.5 Å². The Morgan fingerprint density at radius 3 is 2.54 bits per heavy atom. The number of carboxylic acids is 1. The molecule has 146 valence electrons. The van der Waals surface area contributed by atoms with Crippen molar-refractivity contribution in [3.05, 3.63) is 69.1 Å². The van der Waals surface area contributed by atoms with Crippen LogP contribution in [-0.4, -0.2) is 40.0 Å². The number of hydrogen-bond donors (Lipinski definition) is 2. The molecule has 0 spiro atoms. The minimum atomic E-state index is -0.917. The predicted octanol–water partition coefficient (Wildman–Crippen LogP) is 2.58. The fourth-order valence-corrected chi connectivity index (χ4v) is 4.44. The Kier molecular flexibility index (Phi) is 5.03. The molecule has 2 aliphatic rings. The largest absolute Gasteiger partial charge is 0.481 e. The number of pyridine rings is 1. The summed E-state index contributed by atoms with van der Waals surface area (Å²) >= 11 is 0. The molecule has 2 atom stereocenters. The number of rotatable bonds is 3. The van der Waals surface area contributed by atoms with Gasteiger partial charge in [0.2, 0.25) is 0 Å². The summed E-state index contributed by atoms with van der Waals surface area (Å²) in [6.45, 7) is 0.417. The number of likely N-dealkylation sites (tertiary alicyclic amines) is 1. The van der Waals surface area contributed by atoms with Crippen molar-refractivity contribution in [1.82, 2.24) is 9.88 Å². The first-order valence-corrected chi connectivity index (χ1v) is 9.86. The molecule has 1 aromatic heterocycles. The van der Waals surface area contributed by atoms with E-state index in [2.05, 4.69) is 4.98 Å². The van der Waals surface area contributed by atoms with Crippen LogP contribution in [0.2, 0.25) is 0 Å². The Morgan fingerprint density at radius 1 is 1.04 bits per heavy atom. The number of aliphatic carboxylic acids is 1. The van der Waals surface area contributed by atoms with Crippen LogP contribution in [0, 0.1) is 5.92 Å². The number of carboxylic acid groups (broad SMARTS) is 1. The summed E-state index contributed by atoms with van der Waals surface area (Å²) in [7, 11) is 0. The van der Waals surface area contributed by atoms with Crippen LogP contribution in [-0.2, 0) is 17.6 Å². The van der Waals surface area contributed by atoms with E-state index in [0.29, 0.717) is 6.54 Å². The van der Waals surface area contributed by atoms with E-state index >= 15 is 0 Å². The minimum absolute atomic E-state index is 0.115. The van der Waals surface area contributed by atoms with Crippen molar-refractivity contribution >= 4 is 11.9 Å². The van der Waals surface area contributed by atoms with Gasteiger partial charge in [0.25, 0.3) is 11.5 Å². The van der Waals surface area contributed by atoms with Crippen molar-refractivity contribution in [2.24, 2.45) is 5.92 Å². The SMILES string of the molecule is O=C(O)C1CN(C(=O)c2cc3c([nH]c2=O)CCCCC3)CC1c1ccccc1. The van der Waals surface area contributed by atoms with Crippen molar-refractivity contribution in [2.75, 3.05) is 13.1 Å². The van der Waals surface area contributed by atoms with E-state index in [1.54, 1.807) is 6.07 Å². The minimum Gasteiger partial charge on any atom is -0.481 e. The van der Waals surface area contributed by atoms with Crippen LogP contribution in [0.5, 0.6) is 0 Å². The van der Waals surface area contributed by atoms with Gasteiger partial charge in [0.15, 0.2) is 0 Å². The molecular formula is C22H24N2O4. The molecule has 1 aliphatic carbocycles. The molecule has 2 aromatic rings. The molecule has 1 aromatic carbocycles. The molecule has 2 unspecified atom stereocenters. The third-order valence-corrected chi connectivity index (χ3v) is 5.97. The Hall–Kier alpha value is -2.89. The third-order valence-electron chi connectivity index (χ3n) is 5.97. The molecule has 1 amide bonds. The number of benzene rings is 1. The van der Waals surface area contributed by atoms with Crippen molar-refractivity contribution in [3.8, 4) is 0 Å². The maximum Gasteiger partial charge on any atom is 0.308 e. The van der Waals surface area contributed by atoms with E-state index in [4.69, 9.17) is 0 Å². The fraction of sp³-hybridized carbons (Fsp3) is 0.409. The number of carbonyl (C=O) groups is 2. The summed E-state index contributed by atoms with van der Waals surface area (Å²) in [5.41, 5.74) is 2.63. The van der Waals surface area contributed by atoms with Crippen molar-refractivity contribution in [2.45, 2.75) is 38.0 Å². The van der Waals surface area contributed by atoms with Gasteiger partial charge in [-0.25, -0.2) is 0 Å². The lowest BCUT2D eigenvalue weighted by molar-refractivity contribution is -0.141. The number of aromatic amines is 1. The molecule has 4 rings (SSSR count). The van der Waals surface area contributed by atoms with Gasteiger partial charge in [-0.1, -0.05) is 36.8 Å². The molecule has 0 radical (unpaired) electrons. The second-order valence-electron chi connectivity index (χ2n) is 7.75. The topological polar surface area (TPSA) is 90.5 Å².